The van der Waals surface area contributed by atoms with E-state index in [2.05, 4.69) is 4.98 Å². The fourth-order valence-corrected chi connectivity index (χ4v) is 7.51. The molecule has 0 saturated carbocycles. The van der Waals surface area contributed by atoms with Gasteiger partial charge in [-0.1, -0.05) is 66.7 Å². The van der Waals surface area contributed by atoms with Crippen molar-refractivity contribution in [1.29, 1.82) is 0 Å². The zero-order valence-electron chi connectivity index (χ0n) is 28.3. The SMILES string of the molecule is COc1ccc(C(OC[C@H]2O[C@@H](n3cc(C)c(=O)[nH]c3=O)C[C@H]2OS(=O)(=O)c2ccccc2[N+](=O)[O-])(c2ccccc2)c2ccc(OC)cc2)cc1. The maximum absolute atomic E-state index is 13.7. The minimum Gasteiger partial charge on any atom is -0.497 e. The Balaban J connectivity index is 1.45. The van der Waals surface area contributed by atoms with Gasteiger partial charge in [-0.25, -0.2) is 4.79 Å². The number of ether oxygens (including phenoxy) is 4. The predicted molar refractivity (Wildman–Crippen MR) is 188 cm³/mol. The minimum absolute atomic E-state index is 0.192. The number of H-pyrrole nitrogens is 1. The number of aromatic amines is 1. The normalized spacial score (nSPS) is 17.5. The average molecular weight is 730 g/mol. The van der Waals surface area contributed by atoms with E-state index in [-0.39, 0.29) is 18.6 Å². The highest BCUT2D eigenvalue weighted by atomic mass is 32.2. The third-order valence-electron chi connectivity index (χ3n) is 8.86. The van der Waals surface area contributed by atoms with E-state index in [1.807, 2.05) is 54.6 Å². The first kappa shape index (κ1) is 36.2. The number of aromatic nitrogens is 2. The molecule has 0 aliphatic carbocycles. The predicted octanol–water partition coefficient (Wildman–Crippen LogP) is 4.84. The van der Waals surface area contributed by atoms with Gasteiger partial charge in [-0.15, -0.1) is 0 Å². The van der Waals surface area contributed by atoms with Gasteiger partial charge in [0.25, 0.3) is 11.2 Å². The van der Waals surface area contributed by atoms with Gasteiger partial charge in [0.15, 0.2) is 4.90 Å². The van der Waals surface area contributed by atoms with Crippen LogP contribution in [0.25, 0.3) is 0 Å². The largest absolute Gasteiger partial charge is 0.497 e. The molecular weight excluding hydrogens is 694 g/mol. The molecule has 0 radical (unpaired) electrons. The second-order valence-corrected chi connectivity index (χ2v) is 13.5. The summed E-state index contributed by atoms with van der Waals surface area (Å²) in [5, 5.41) is 11.8. The molecule has 14 nitrogen and oxygen atoms in total. The quantitative estimate of drug-likeness (QED) is 0.0759. The molecule has 6 rings (SSSR count). The van der Waals surface area contributed by atoms with Crippen LogP contribution in [0.4, 0.5) is 5.69 Å². The lowest BCUT2D eigenvalue weighted by Crippen LogP contribution is -2.39. The zero-order valence-corrected chi connectivity index (χ0v) is 29.1. The Kier molecular flexibility index (Phi) is 10.4. The van der Waals surface area contributed by atoms with Crippen LogP contribution in [-0.4, -0.2) is 55.9 Å². The molecule has 0 amide bonds. The Bertz CT molecular complexity index is 2230. The third-order valence-corrected chi connectivity index (χ3v) is 10.2. The number of nitrogens with zero attached hydrogens (tertiary/aromatic N) is 2. The average Bonchev–Trinajstić information content (AvgIpc) is 3.55. The Morgan fingerprint density at radius 2 is 1.42 bits per heavy atom. The van der Waals surface area contributed by atoms with Gasteiger partial charge in [-0.3, -0.25) is 28.6 Å². The summed E-state index contributed by atoms with van der Waals surface area (Å²) in [4.78, 5) is 37.6. The van der Waals surface area contributed by atoms with Gasteiger partial charge >= 0.3 is 15.8 Å². The van der Waals surface area contributed by atoms with Crippen LogP contribution in [0.2, 0.25) is 0 Å². The lowest BCUT2D eigenvalue weighted by Gasteiger charge is -2.37. The van der Waals surface area contributed by atoms with E-state index in [9.17, 15) is 28.1 Å². The van der Waals surface area contributed by atoms with Gasteiger partial charge in [-0.2, -0.15) is 8.42 Å². The summed E-state index contributed by atoms with van der Waals surface area (Å²) in [6.45, 7) is 1.22. The first-order chi connectivity index (χ1) is 25.0. The van der Waals surface area contributed by atoms with E-state index < -0.39 is 60.9 Å². The summed E-state index contributed by atoms with van der Waals surface area (Å²) in [7, 11) is -1.65. The van der Waals surface area contributed by atoms with Crippen LogP contribution in [0.3, 0.4) is 0 Å². The monoisotopic (exact) mass is 729 g/mol. The minimum atomic E-state index is -4.76. The molecule has 1 fully saturated rings. The fourth-order valence-electron chi connectivity index (χ4n) is 6.24. The van der Waals surface area contributed by atoms with Crippen LogP contribution in [0.15, 0.2) is 124 Å². The fraction of sp³-hybridized carbons (Fsp3) is 0.243. The number of aryl methyl sites for hydroxylation is 1. The van der Waals surface area contributed by atoms with E-state index in [1.165, 1.54) is 25.3 Å². The molecular formula is C37H35N3O11S. The van der Waals surface area contributed by atoms with Crippen LogP contribution >= 0.6 is 0 Å². The summed E-state index contributed by atoms with van der Waals surface area (Å²) < 4.78 is 58.4. The number of nitrogens with one attached hydrogen (secondary N) is 1. The van der Waals surface area contributed by atoms with E-state index in [0.717, 1.165) is 22.3 Å². The number of benzene rings is 4. The lowest BCUT2D eigenvalue weighted by molar-refractivity contribution is -0.387. The van der Waals surface area contributed by atoms with Crippen LogP contribution in [0.1, 0.15) is 34.9 Å². The molecule has 1 saturated heterocycles. The Hall–Kier alpha value is -5.61. The van der Waals surface area contributed by atoms with Crippen molar-refractivity contribution in [2.24, 2.45) is 0 Å². The molecule has 15 heteroatoms. The summed E-state index contributed by atoms with van der Waals surface area (Å²) in [6.07, 6.45) is -2.43. The third kappa shape index (κ3) is 7.11. The standard InChI is InChI=1S/C37H35N3O11S/c1-24-22-39(36(42)38-35(24)41)34-21-31(51-52(45,46)33-12-8-7-11-30(33)40(43)44)32(50-34)23-49-37(25-9-5-4-6-10-25,26-13-17-28(47-2)18-14-26)27-15-19-29(48-3)20-16-27/h4-20,22,31-32,34H,21,23H2,1-3H3,(H,38,41,42)/t31-,32-,34-/m1/s1. The molecule has 5 aromatic rings. The maximum atomic E-state index is 13.7. The van der Waals surface area contributed by atoms with Gasteiger partial charge in [0.2, 0.25) is 0 Å². The molecule has 1 aliphatic heterocycles. The summed E-state index contributed by atoms with van der Waals surface area (Å²) >= 11 is 0. The van der Waals surface area contributed by atoms with Gasteiger partial charge in [0, 0.05) is 24.2 Å². The number of hydrogen-bond donors (Lipinski definition) is 1. The molecule has 0 unspecified atom stereocenters. The molecule has 52 heavy (non-hydrogen) atoms. The molecule has 2 heterocycles. The molecule has 1 aliphatic rings. The first-order valence-electron chi connectivity index (χ1n) is 16.1. The van der Waals surface area contributed by atoms with Crippen molar-refractivity contribution < 1.29 is 36.5 Å². The number of para-hydroxylation sites is 1. The van der Waals surface area contributed by atoms with Crippen molar-refractivity contribution in [2.45, 2.75) is 42.3 Å². The summed E-state index contributed by atoms with van der Waals surface area (Å²) in [6, 6.07) is 28.8. The van der Waals surface area contributed by atoms with Crippen molar-refractivity contribution in [3.63, 3.8) is 0 Å². The Morgan fingerprint density at radius 3 is 2.00 bits per heavy atom. The Labute approximate surface area is 298 Å². The van der Waals surface area contributed by atoms with Crippen LogP contribution in [0, 0.1) is 17.0 Å². The molecule has 270 valence electrons. The number of rotatable bonds is 13. The van der Waals surface area contributed by atoms with Crippen molar-refractivity contribution in [2.75, 3.05) is 20.8 Å². The van der Waals surface area contributed by atoms with E-state index in [0.29, 0.717) is 22.6 Å². The molecule has 4 aromatic carbocycles. The van der Waals surface area contributed by atoms with Crippen molar-refractivity contribution in [1.82, 2.24) is 9.55 Å². The topological polar surface area (TPSA) is 178 Å². The van der Waals surface area contributed by atoms with Gasteiger partial charge in [0.05, 0.1) is 25.7 Å². The first-order valence-corrected chi connectivity index (χ1v) is 17.5. The lowest BCUT2D eigenvalue weighted by atomic mass is 9.80. The second kappa shape index (κ2) is 14.9. The summed E-state index contributed by atoms with van der Waals surface area (Å²) in [5.74, 6) is 1.22. The summed E-state index contributed by atoms with van der Waals surface area (Å²) in [5.41, 5.74) is -1.04. The van der Waals surface area contributed by atoms with Crippen LogP contribution < -0.4 is 20.7 Å². The molecule has 3 atom stereocenters. The maximum Gasteiger partial charge on any atom is 0.330 e. The molecule has 0 spiro atoms. The van der Waals surface area contributed by atoms with Crippen molar-refractivity contribution >= 4 is 15.8 Å². The van der Waals surface area contributed by atoms with Crippen molar-refractivity contribution in [3.05, 3.63) is 163 Å². The van der Waals surface area contributed by atoms with E-state index in [1.54, 1.807) is 38.5 Å². The van der Waals surface area contributed by atoms with Gasteiger partial charge in [0.1, 0.15) is 35.5 Å². The smallest absolute Gasteiger partial charge is 0.330 e. The number of nitro benzene ring substituents is 1. The second-order valence-electron chi connectivity index (χ2n) is 12.0. The number of methoxy groups -OCH3 is 2. The number of hydrogen-bond acceptors (Lipinski definition) is 11. The van der Waals surface area contributed by atoms with Crippen molar-refractivity contribution in [3.8, 4) is 11.5 Å². The van der Waals surface area contributed by atoms with Gasteiger partial charge < -0.3 is 18.9 Å². The Morgan fingerprint density at radius 1 is 0.865 bits per heavy atom. The highest BCUT2D eigenvalue weighted by Gasteiger charge is 2.45. The zero-order chi connectivity index (χ0) is 37.0. The highest BCUT2D eigenvalue weighted by Crippen LogP contribution is 2.43. The number of nitro groups is 1. The molecule has 0 bridgehead atoms. The highest BCUT2D eigenvalue weighted by molar-refractivity contribution is 7.87. The van der Waals surface area contributed by atoms with Gasteiger partial charge in [-0.05, 0) is 53.9 Å². The van der Waals surface area contributed by atoms with E-state index >= 15 is 0 Å². The molecule has 1 aromatic heterocycles. The van der Waals surface area contributed by atoms with E-state index in [4.69, 9.17) is 23.1 Å². The molecule has 1 N–H and O–H groups in total. The van der Waals surface area contributed by atoms with Crippen LogP contribution in [0.5, 0.6) is 11.5 Å². The van der Waals surface area contributed by atoms with Crippen LogP contribution in [-0.2, 0) is 29.4 Å².